The molecular weight excluding hydrogens is 332 g/mol. The third-order valence-corrected chi connectivity index (χ3v) is 3.44. The summed E-state index contributed by atoms with van der Waals surface area (Å²) in [5, 5.41) is 3.74. The average molecular weight is 344 g/mol. The van der Waals surface area contributed by atoms with E-state index in [-0.39, 0.29) is 0 Å². The molecule has 0 unspecified atom stereocenters. The number of methoxy groups -OCH3 is 2. The number of ether oxygens (including phenoxy) is 2. The van der Waals surface area contributed by atoms with Crippen molar-refractivity contribution in [1.29, 1.82) is 0 Å². The third kappa shape index (κ3) is 3.11. The summed E-state index contributed by atoms with van der Waals surface area (Å²) in [6, 6.07) is 5.34. The highest BCUT2D eigenvalue weighted by Gasteiger charge is 2.11. The maximum atomic E-state index is 6.06. The lowest BCUT2D eigenvalue weighted by Crippen LogP contribution is -1.97. The van der Waals surface area contributed by atoms with Crippen molar-refractivity contribution < 1.29 is 9.47 Å². The van der Waals surface area contributed by atoms with E-state index in [9.17, 15) is 0 Å². The van der Waals surface area contributed by atoms with Crippen LogP contribution >= 0.6 is 27.5 Å². The van der Waals surface area contributed by atoms with Crippen LogP contribution in [0.5, 0.6) is 11.5 Å². The molecule has 0 saturated carbocycles. The predicted molar refractivity (Wildman–Crippen MR) is 79.8 cm³/mol. The van der Waals surface area contributed by atoms with E-state index in [1.165, 1.54) is 0 Å². The average Bonchev–Trinajstić information content (AvgIpc) is 2.42. The molecule has 0 aliphatic rings. The van der Waals surface area contributed by atoms with Gasteiger partial charge < -0.3 is 14.8 Å². The molecule has 0 atom stereocenters. The zero-order valence-corrected chi connectivity index (χ0v) is 12.7. The Labute approximate surface area is 124 Å². The van der Waals surface area contributed by atoms with Gasteiger partial charge in [0.2, 0.25) is 0 Å². The fourth-order valence-corrected chi connectivity index (χ4v) is 2.16. The summed E-state index contributed by atoms with van der Waals surface area (Å²) in [5.74, 6) is 1.21. The van der Waals surface area contributed by atoms with E-state index < -0.39 is 0 Å². The second-order valence-corrected chi connectivity index (χ2v) is 4.93. The standard InChI is InChI=1S/C13H12BrClN2O2/c1-18-12-6-11(13(19-2)5-9(12)15)17-10-3-4-16-7-8(10)14/h3-7H,1-2H3,(H,16,17). The number of nitrogens with one attached hydrogen (secondary N) is 1. The van der Waals surface area contributed by atoms with E-state index in [0.29, 0.717) is 16.5 Å². The zero-order valence-electron chi connectivity index (χ0n) is 10.4. The van der Waals surface area contributed by atoms with Crippen LogP contribution in [0.15, 0.2) is 35.1 Å². The number of pyridine rings is 1. The van der Waals surface area contributed by atoms with Gasteiger partial charge in [-0.15, -0.1) is 0 Å². The van der Waals surface area contributed by atoms with Gasteiger partial charge in [-0.05, 0) is 22.0 Å². The molecule has 0 amide bonds. The van der Waals surface area contributed by atoms with E-state index in [2.05, 4.69) is 26.2 Å². The Balaban J connectivity index is 2.41. The first-order chi connectivity index (χ1) is 9.15. The summed E-state index contributed by atoms with van der Waals surface area (Å²) in [7, 11) is 3.16. The van der Waals surface area contributed by atoms with E-state index >= 15 is 0 Å². The highest BCUT2D eigenvalue weighted by molar-refractivity contribution is 9.10. The van der Waals surface area contributed by atoms with Crippen molar-refractivity contribution in [3.05, 3.63) is 40.1 Å². The van der Waals surface area contributed by atoms with Gasteiger partial charge in [0, 0.05) is 24.5 Å². The number of halogens is 2. The monoisotopic (exact) mass is 342 g/mol. The first-order valence-electron chi connectivity index (χ1n) is 5.43. The predicted octanol–water partition coefficient (Wildman–Crippen LogP) is 4.26. The molecule has 2 aromatic rings. The summed E-state index contributed by atoms with van der Waals surface area (Å²) in [4.78, 5) is 4.01. The van der Waals surface area contributed by atoms with Crippen molar-refractivity contribution in [2.75, 3.05) is 19.5 Å². The molecule has 0 aliphatic carbocycles. The highest BCUT2D eigenvalue weighted by Crippen LogP contribution is 2.38. The summed E-state index contributed by atoms with van der Waals surface area (Å²) in [6.07, 6.45) is 3.41. The quantitative estimate of drug-likeness (QED) is 0.901. The Kier molecular flexibility index (Phi) is 4.50. The van der Waals surface area contributed by atoms with Crippen LogP contribution < -0.4 is 14.8 Å². The SMILES string of the molecule is COc1cc(Nc2ccncc2Br)c(OC)cc1Cl. The Bertz CT molecular complexity index is 593. The number of aromatic nitrogens is 1. The summed E-state index contributed by atoms with van der Waals surface area (Å²) < 4.78 is 11.4. The first-order valence-corrected chi connectivity index (χ1v) is 6.61. The maximum Gasteiger partial charge on any atom is 0.144 e. The summed E-state index contributed by atoms with van der Waals surface area (Å²) in [5.41, 5.74) is 1.63. The van der Waals surface area contributed by atoms with Crippen molar-refractivity contribution in [2.45, 2.75) is 0 Å². The van der Waals surface area contributed by atoms with Crippen LogP contribution in [0.1, 0.15) is 0 Å². The Morgan fingerprint density at radius 3 is 2.53 bits per heavy atom. The molecule has 100 valence electrons. The molecule has 6 heteroatoms. The van der Waals surface area contributed by atoms with Gasteiger partial charge in [-0.25, -0.2) is 0 Å². The van der Waals surface area contributed by atoms with Gasteiger partial charge in [-0.2, -0.15) is 0 Å². The van der Waals surface area contributed by atoms with Gasteiger partial charge in [0.25, 0.3) is 0 Å². The van der Waals surface area contributed by atoms with Crippen LogP contribution in [0, 0.1) is 0 Å². The van der Waals surface area contributed by atoms with Crippen LogP contribution in [0.4, 0.5) is 11.4 Å². The molecule has 1 heterocycles. The zero-order chi connectivity index (χ0) is 13.8. The minimum Gasteiger partial charge on any atom is -0.495 e. The van der Waals surface area contributed by atoms with Crippen molar-refractivity contribution in [2.24, 2.45) is 0 Å². The second-order valence-electron chi connectivity index (χ2n) is 3.67. The molecule has 0 saturated heterocycles. The molecule has 1 aromatic carbocycles. The van der Waals surface area contributed by atoms with Crippen molar-refractivity contribution in [3.8, 4) is 11.5 Å². The molecule has 0 radical (unpaired) electrons. The molecule has 1 aromatic heterocycles. The van der Waals surface area contributed by atoms with Crippen molar-refractivity contribution >= 4 is 38.9 Å². The number of benzene rings is 1. The molecule has 4 nitrogen and oxygen atoms in total. The van der Waals surface area contributed by atoms with Crippen molar-refractivity contribution in [3.63, 3.8) is 0 Å². The number of anilines is 2. The molecule has 0 aliphatic heterocycles. The third-order valence-electron chi connectivity index (χ3n) is 2.52. The lowest BCUT2D eigenvalue weighted by molar-refractivity contribution is 0.405. The van der Waals surface area contributed by atoms with E-state index in [0.717, 1.165) is 15.8 Å². The molecule has 19 heavy (non-hydrogen) atoms. The van der Waals surface area contributed by atoms with Gasteiger partial charge in [-0.3, -0.25) is 4.98 Å². The first kappa shape index (κ1) is 14.0. The minimum absolute atomic E-state index is 0.499. The lowest BCUT2D eigenvalue weighted by Gasteiger charge is -2.14. The van der Waals surface area contributed by atoms with Crippen LogP contribution in [0.3, 0.4) is 0 Å². The fourth-order valence-electron chi connectivity index (χ4n) is 1.58. The maximum absolute atomic E-state index is 6.06. The minimum atomic E-state index is 0.499. The number of hydrogen-bond donors (Lipinski definition) is 1. The molecule has 2 rings (SSSR count). The molecule has 0 bridgehead atoms. The smallest absolute Gasteiger partial charge is 0.144 e. The fraction of sp³-hybridized carbons (Fsp3) is 0.154. The van der Waals surface area contributed by atoms with Crippen LogP contribution in [-0.4, -0.2) is 19.2 Å². The van der Waals surface area contributed by atoms with Gasteiger partial charge in [0.05, 0.1) is 35.1 Å². The van der Waals surface area contributed by atoms with Crippen LogP contribution in [-0.2, 0) is 0 Å². The largest absolute Gasteiger partial charge is 0.495 e. The number of rotatable bonds is 4. The van der Waals surface area contributed by atoms with Gasteiger partial charge in [-0.1, -0.05) is 11.6 Å². The van der Waals surface area contributed by atoms with E-state index in [4.69, 9.17) is 21.1 Å². The Morgan fingerprint density at radius 1 is 1.16 bits per heavy atom. The molecule has 1 N–H and O–H groups in total. The van der Waals surface area contributed by atoms with E-state index in [1.807, 2.05) is 6.07 Å². The number of nitrogens with zero attached hydrogens (tertiary/aromatic N) is 1. The topological polar surface area (TPSA) is 43.4 Å². The molecule has 0 fully saturated rings. The number of hydrogen-bond acceptors (Lipinski definition) is 4. The van der Waals surface area contributed by atoms with Gasteiger partial charge in [0.1, 0.15) is 11.5 Å². The Morgan fingerprint density at radius 2 is 1.89 bits per heavy atom. The van der Waals surface area contributed by atoms with Gasteiger partial charge >= 0.3 is 0 Å². The summed E-state index contributed by atoms with van der Waals surface area (Å²) in [6.45, 7) is 0. The second kappa shape index (κ2) is 6.12. The van der Waals surface area contributed by atoms with Crippen molar-refractivity contribution in [1.82, 2.24) is 4.98 Å². The molecular formula is C13H12BrClN2O2. The van der Waals surface area contributed by atoms with E-state index in [1.54, 1.807) is 38.7 Å². The summed E-state index contributed by atoms with van der Waals surface area (Å²) >= 11 is 9.49. The lowest BCUT2D eigenvalue weighted by atomic mass is 10.2. The highest BCUT2D eigenvalue weighted by atomic mass is 79.9. The van der Waals surface area contributed by atoms with Crippen LogP contribution in [0.25, 0.3) is 0 Å². The van der Waals surface area contributed by atoms with Crippen LogP contribution in [0.2, 0.25) is 5.02 Å². The Hall–Kier alpha value is -1.46. The molecule has 0 spiro atoms. The van der Waals surface area contributed by atoms with Gasteiger partial charge in [0.15, 0.2) is 0 Å². The normalized spacial score (nSPS) is 10.1.